The van der Waals surface area contributed by atoms with E-state index in [0.717, 1.165) is 18.7 Å². The number of rotatable bonds is 6. The van der Waals surface area contributed by atoms with Crippen LogP contribution >= 0.6 is 11.6 Å². The van der Waals surface area contributed by atoms with Crippen LogP contribution in [0, 0.1) is 5.92 Å². The van der Waals surface area contributed by atoms with Gasteiger partial charge < -0.3 is 15.8 Å². The molecule has 1 saturated heterocycles. The monoisotopic (exact) mass is 339 g/mol. The zero-order valence-electron chi connectivity index (χ0n) is 13.8. The van der Waals surface area contributed by atoms with Crippen molar-refractivity contribution >= 4 is 17.5 Å². The van der Waals surface area contributed by atoms with Gasteiger partial charge in [-0.3, -0.25) is 9.69 Å². The van der Waals surface area contributed by atoms with Crippen molar-refractivity contribution in [2.75, 3.05) is 32.8 Å². The van der Waals surface area contributed by atoms with Crippen molar-refractivity contribution in [3.8, 4) is 0 Å². The van der Waals surface area contributed by atoms with Crippen LogP contribution in [0.1, 0.15) is 25.5 Å². The Hall–Kier alpha value is -1.14. The first-order valence-corrected chi connectivity index (χ1v) is 8.47. The van der Waals surface area contributed by atoms with E-state index in [2.05, 4.69) is 10.2 Å². The minimum Gasteiger partial charge on any atom is -0.379 e. The van der Waals surface area contributed by atoms with Crippen LogP contribution in [0.15, 0.2) is 24.3 Å². The predicted molar refractivity (Wildman–Crippen MR) is 92.4 cm³/mol. The van der Waals surface area contributed by atoms with Crippen LogP contribution in [-0.2, 0) is 9.53 Å². The normalized spacial score (nSPS) is 18.7. The Bertz CT molecular complexity index is 501. The van der Waals surface area contributed by atoms with Gasteiger partial charge in [-0.2, -0.15) is 0 Å². The van der Waals surface area contributed by atoms with E-state index in [1.807, 2.05) is 38.1 Å². The molecule has 1 fully saturated rings. The molecule has 128 valence electrons. The van der Waals surface area contributed by atoms with E-state index in [1.54, 1.807) is 0 Å². The summed E-state index contributed by atoms with van der Waals surface area (Å²) in [7, 11) is 0. The molecule has 5 nitrogen and oxygen atoms in total. The fourth-order valence-electron chi connectivity index (χ4n) is 2.65. The quantitative estimate of drug-likeness (QED) is 0.829. The number of benzene rings is 1. The number of nitrogens with one attached hydrogen (secondary N) is 1. The molecule has 0 radical (unpaired) electrons. The van der Waals surface area contributed by atoms with E-state index < -0.39 is 6.04 Å². The zero-order chi connectivity index (χ0) is 16.8. The molecule has 1 aliphatic heterocycles. The van der Waals surface area contributed by atoms with Crippen LogP contribution in [0.25, 0.3) is 0 Å². The van der Waals surface area contributed by atoms with Crippen LogP contribution in [0.4, 0.5) is 0 Å². The molecule has 1 aromatic carbocycles. The third kappa shape index (κ3) is 5.18. The highest BCUT2D eigenvalue weighted by Gasteiger charge is 2.24. The zero-order valence-corrected chi connectivity index (χ0v) is 14.6. The van der Waals surface area contributed by atoms with Gasteiger partial charge in [-0.25, -0.2) is 0 Å². The van der Waals surface area contributed by atoms with Crippen molar-refractivity contribution in [2.45, 2.75) is 25.9 Å². The number of nitrogens with zero attached hydrogens (tertiary/aromatic N) is 1. The van der Waals surface area contributed by atoms with Crippen molar-refractivity contribution in [1.82, 2.24) is 10.2 Å². The summed E-state index contributed by atoms with van der Waals surface area (Å²) in [5.74, 6) is 0.0135. The smallest absolute Gasteiger partial charge is 0.237 e. The molecule has 1 unspecified atom stereocenters. The molecular formula is C17H26ClN3O2. The van der Waals surface area contributed by atoms with E-state index in [-0.39, 0.29) is 17.9 Å². The Morgan fingerprint density at radius 2 is 1.91 bits per heavy atom. The standard InChI is InChI=1S/C17H26ClN3O2/c1-12(2)16(19)17(22)20-11-15(21-7-9-23-10-8-21)13-3-5-14(18)6-4-13/h3-6,12,15-16H,7-11,19H2,1-2H3,(H,20,22)/t15?,16-/m0/s1. The largest absolute Gasteiger partial charge is 0.379 e. The maximum atomic E-state index is 12.2. The van der Waals surface area contributed by atoms with Gasteiger partial charge in [0.2, 0.25) is 5.91 Å². The van der Waals surface area contributed by atoms with Gasteiger partial charge in [-0.1, -0.05) is 37.6 Å². The molecule has 23 heavy (non-hydrogen) atoms. The van der Waals surface area contributed by atoms with Crippen LogP contribution in [-0.4, -0.2) is 49.7 Å². The fraction of sp³-hybridized carbons (Fsp3) is 0.588. The molecule has 0 saturated carbocycles. The minimum atomic E-state index is -0.481. The second-order valence-electron chi connectivity index (χ2n) is 6.23. The molecule has 3 N–H and O–H groups in total. The highest BCUT2D eigenvalue weighted by atomic mass is 35.5. The number of carbonyl (C=O) groups excluding carboxylic acids is 1. The highest BCUT2D eigenvalue weighted by Crippen LogP contribution is 2.23. The van der Waals surface area contributed by atoms with Gasteiger partial charge in [0.15, 0.2) is 0 Å². The van der Waals surface area contributed by atoms with E-state index >= 15 is 0 Å². The first-order valence-electron chi connectivity index (χ1n) is 8.09. The van der Waals surface area contributed by atoms with Gasteiger partial charge in [0, 0.05) is 24.7 Å². The minimum absolute atomic E-state index is 0.0967. The lowest BCUT2D eigenvalue weighted by atomic mass is 10.0. The second-order valence-corrected chi connectivity index (χ2v) is 6.67. The summed E-state index contributed by atoms with van der Waals surface area (Å²) in [5, 5.41) is 3.70. The van der Waals surface area contributed by atoms with E-state index in [9.17, 15) is 4.79 Å². The summed E-state index contributed by atoms with van der Waals surface area (Å²) < 4.78 is 5.43. The molecule has 1 amide bonds. The third-order valence-electron chi connectivity index (χ3n) is 4.23. The summed E-state index contributed by atoms with van der Waals surface area (Å²) >= 11 is 5.99. The van der Waals surface area contributed by atoms with Gasteiger partial charge in [0.25, 0.3) is 0 Å². The molecule has 0 aliphatic carbocycles. The lowest BCUT2D eigenvalue weighted by Gasteiger charge is -2.35. The molecule has 0 bridgehead atoms. The van der Waals surface area contributed by atoms with Gasteiger partial charge in [-0.05, 0) is 23.6 Å². The molecule has 0 aromatic heterocycles. The van der Waals surface area contributed by atoms with Crippen molar-refractivity contribution in [2.24, 2.45) is 11.7 Å². The number of carbonyl (C=O) groups is 1. The van der Waals surface area contributed by atoms with Crippen molar-refractivity contribution in [3.05, 3.63) is 34.9 Å². The number of morpholine rings is 1. The fourth-order valence-corrected chi connectivity index (χ4v) is 2.78. The Morgan fingerprint density at radius 3 is 2.48 bits per heavy atom. The first-order chi connectivity index (χ1) is 11.0. The van der Waals surface area contributed by atoms with Crippen molar-refractivity contribution in [1.29, 1.82) is 0 Å². The number of nitrogens with two attached hydrogens (primary N) is 1. The first kappa shape index (κ1) is 18.2. The number of amides is 1. The molecule has 1 aromatic rings. The lowest BCUT2D eigenvalue weighted by Crippen LogP contribution is -2.48. The van der Waals surface area contributed by atoms with Gasteiger partial charge in [0.05, 0.1) is 25.3 Å². The second kappa shape index (κ2) is 8.64. The van der Waals surface area contributed by atoms with Gasteiger partial charge in [-0.15, -0.1) is 0 Å². The predicted octanol–water partition coefficient (Wildman–Crippen LogP) is 1.81. The number of ether oxygens (including phenoxy) is 1. The SMILES string of the molecule is CC(C)[C@H](N)C(=O)NCC(c1ccc(Cl)cc1)N1CCOCC1. The van der Waals surface area contributed by atoms with Crippen LogP contribution in [0.2, 0.25) is 5.02 Å². The molecule has 1 aliphatic rings. The maximum absolute atomic E-state index is 12.2. The molecule has 0 spiro atoms. The summed E-state index contributed by atoms with van der Waals surface area (Å²) in [5.41, 5.74) is 7.05. The molecule has 1 heterocycles. The number of hydrogen-bond acceptors (Lipinski definition) is 4. The van der Waals surface area contributed by atoms with E-state index in [0.29, 0.717) is 24.8 Å². The molecule has 2 rings (SSSR count). The van der Waals surface area contributed by atoms with Crippen LogP contribution < -0.4 is 11.1 Å². The maximum Gasteiger partial charge on any atom is 0.237 e. The molecular weight excluding hydrogens is 314 g/mol. The van der Waals surface area contributed by atoms with Crippen molar-refractivity contribution < 1.29 is 9.53 Å². The average Bonchev–Trinajstić information content (AvgIpc) is 2.56. The van der Waals surface area contributed by atoms with Crippen molar-refractivity contribution in [3.63, 3.8) is 0 Å². The number of halogens is 1. The average molecular weight is 340 g/mol. The summed E-state index contributed by atoms with van der Waals surface area (Å²) in [4.78, 5) is 14.5. The third-order valence-corrected chi connectivity index (χ3v) is 4.48. The van der Waals surface area contributed by atoms with E-state index in [4.69, 9.17) is 22.1 Å². The topological polar surface area (TPSA) is 67.6 Å². The summed E-state index contributed by atoms with van der Waals surface area (Å²) in [6.07, 6.45) is 0. The Kier molecular flexibility index (Phi) is 6.84. The summed E-state index contributed by atoms with van der Waals surface area (Å²) in [6, 6.07) is 7.40. The van der Waals surface area contributed by atoms with Crippen LogP contribution in [0.5, 0.6) is 0 Å². The van der Waals surface area contributed by atoms with E-state index in [1.165, 1.54) is 0 Å². The highest BCUT2D eigenvalue weighted by molar-refractivity contribution is 6.30. The molecule has 6 heteroatoms. The van der Waals surface area contributed by atoms with Crippen LogP contribution in [0.3, 0.4) is 0 Å². The summed E-state index contributed by atoms with van der Waals surface area (Å²) in [6.45, 7) is 7.54. The lowest BCUT2D eigenvalue weighted by molar-refractivity contribution is -0.123. The Morgan fingerprint density at radius 1 is 1.30 bits per heavy atom. The Balaban J connectivity index is 2.07. The number of hydrogen-bond donors (Lipinski definition) is 2. The van der Waals surface area contributed by atoms with Gasteiger partial charge >= 0.3 is 0 Å². The Labute approximate surface area is 143 Å². The molecule has 2 atom stereocenters. The van der Waals surface area contributed by atoms with Gasteiger partial charge in [0.1, 0.15) is 0 Å².